The van der Waals surface area contributed by atoms with Crippen molar-refractivity contribution < 1.29 is 4.79 Å². The molecule has 2 N–H and O–H groups in total. The molecule has 0 atom stereocenters. The lowest BCUT2D eigenvalue weighted by Crippen LogP contribution is -2.32. The second-order valence-electron chi connectivity index (χ2n) is 3.75. The van der Waals surface area contributed by atoms with E-state index in [2.05, 4.69) is 45.2 Å². The van der Waals surface area contributed by atoms with Crippen LogP contribution >= 0.6 is 39.2 Å². The maximum Gasteiger partial charge on any atom is 0.277 e. The van der Waals surface area contributed by atoms with Crippen LogP contribution in [0.4, 0.5) is 0 Å². The predicted octanol–water partition coefficient (Wildman–Crippen LogP) is 4.01. The van der Waals surface area contributed by atoms with Crippen molar-refractivity contribution in [2.24, 2.45) is 0 Å². The highest BCUT2D eigenvalue weighted by Crippen LogP contribution is 2.22. The van der Waals surface area contributed by atoms with Crippen molar-refractivity contribution in [3.8, 4) is 0 Å². The summed E-state index contributed by atoms with van der Waals surface area (Å²) in [6.07, 6.45) is 1.03. The summed E-state index contributed by atoms with van der Waals surface area (Å²) in [5.41, 5.74) is 3.96. The van der Waals surface area contributed by atoms with Gasteiger partial charge in [-0.05, 0) is 63.4 Å². The van der Waals surface area contributed by atoms with Crippen molar-refractivity contribution in [1.29, 1.82) is 0 Å². The Morgan fingerprint density at radius 2 is 2.05 bits per heavy atom. The number of aryl methyl sites for hydroxylation is 1. The number of hydrogen-bond donors (Lipinski definition) is 2. The van der Waals surface area contributed by atoms with Gasteiger partial charge in [-0.2, -0.15) is 4.83 Å². The number of amides is 1. The van der Waals surface area contributed by atoms with E-state index < -0.39 is 0 Å². The third kappa shape index (κ3) is 4.07. The van der Waals surface area contributed by atoms with E-state index in [1.165, 1.54) is 28.8 Å². The summed E-state index contributed by atoms with van der Waals surface area (Å²) in [7, 11) is 0. The maximum absolute atomic E-state index is 11.8. The van der Waals surface area contributed by atoms with Crippen LogP contribution in [0.2, 0.25) is 0 Å². The summed E-state index contributed by atoms with van der Waals surface area (Å²) in [5, 5.41) is 1.87. The van der Waals surface area contributed by atoms with Gasteiger partial charge in [0, 0.05) is 9.37 Å². The van der Waals surface area contributed by atoms with Crippen LogP contribution in [0, 0.1) is 0 Å². The minimum absolute atomic E-state index is 0.139. The molecule has 3 nitrogen and oxygen atoms in total. The molecule has 0 aliphatic carbocycles. The van der Waals surface area contributed by atoms with E-state index in [9.17, 15) is 4.79 Å². The van der Waals surface area contributed by atoms with Gasteiger partial charge in [0.05, 0.1) is 0 Å². The van der Waals surface area contributed by atoms with Gasteiger partial charge in [-0.15, -0.1) is 11.3 Å². The molecule has 0 aliphatic rings. The number of rotatable bonds is 5. The van der Waals surface area contributed by atoms with Crippen molar-refractivity contribution in [2.75, 3.05) is 0 Å². The Bertz CT molecular complexity index is 554. The molecule has 1 aromatic heterocycles. The van der Waals surface area contributed by atoms with Gasteiger partial charge in [-0.3, -0.25) is 10.2 Å². The van der Waals surface area contributed by atoms with E-state index in [4.69, 9.17) is 0 Å². The molecular formula is C13H13BrN2OS2. The highest BCUT2D eigenvalue weighted by molar-refractivity contribution is 9.10. The number of benzene rings is 1. The molecule has 2 aromatic rings. The quantitative estimate of drug-likeness (QED) is 0.627. The number of halogens is 1. The molecule has 0 spiro atoms. The Kier molecular flexibility index (Phi) is 5.45. The molecule has 0 aliphatic heterocycles. The summed E-state index contributed by atoms with van der Waals surface area (Å²) < 4.78 is 0.814. The smallest absolute Gasteiger partial charge is 0.277 e. The van der Waals surface area contributed by atoms with Crippen LogP contribution in [0.1, 0.15) is 22.2 Å². The van der Waals surface area contributed by atoms with E-state index in [0.29, 0.717) is 4.88 Å². The molecular weight excluding hydrogens is 344 g/mol. The Hall–Kier alpha value is -0.820. The van der Waals surface area contributed by atoms with Crippen molar-refractivity contribution in [2.45, 2.75) is 18.2 Å². The fourth-order valence-corrected chi connectivity index (χ4v) is 3.42. The van der Waals surface area contributed by atoms with Crippen LogP contribution in [-0.4, -0.2) is 5.91 Å². The Morgan fingerprint density at radius 3 is 2.63 bits per heavy atom. The van der Waals surface area contributed by atoms with Crippen molar-refractivity contribution >= 4 is 45.1 Å². The summed E-state index contributed by atoms with van der Waals surface area (Å²) >= 11 is 6.11. The van der Waals surface area contributed by atoms with Gasteiger partial charge in [0.2, 0.25) is 0 Å². The van der Waals surface area contributed by atoms with Gasteiger partial charge in [0.25, 0.3) is 5.91 Å². The third-order valence-corrected chi connectivity index (χ3v) is 5.04. The van der Waals surface area contributed by atoms with E-state index in [1.54, 1.807) is 0 Å². The van der Waals surface area contributed by atoms with E-state index >= 15 is 0 Å². The number of thiophene rings is 1. The van der Waals surface area contributed by atoms with Gasteiger partial charge in [0.1, 0.15) is 4.88 Å². The number of carbonyl (C=O) groups excluding carboxylic acids is 1. The predicted molar refractivity (Wildman–Crippen MR) is 84.3 cm³/mol. The summed E-state index contributed by atoms with van der Waals surface area (Å²) in [5.74, 6) is -0.139. The van der Waals surface area contributed by atoms with E-state index in [0.717, 1.165) is 15.8 Å². The van der Waals surface area contributed by atoms with Gasteiger partial charge in [-0.25, -0.2) is 0 Å². The third-order valence-electron chi connectivity index (χ3n) is 2.49. The van der Waals surface area contributed by atoms with Crippen molar-refractivity contribution in [3.63, 3.8) is 0 Å². The van der Waals surface area contributed by atoms with Crippen LogP contribution in [0.15, 0.2) is 45.1 Å². The minimum Gasteiger partial charge on any atom is -0.277 e. The van der Waals surface area contributed by atoms with Crippen LogP contribution in [0.25, 0.3) is 0 Å². The van der Waals surface area contributed by atoms with Gasteiger partial charge >= 0.3 is 0 Å². The van der Waals surface area contributed by atoms with Gasteiger partial charge in [-0.1, -0.05) is 19.1 Å². The molecule has 100 valence electrons. The summed E-state index contributed by atoms with van der Waals surface area (Å²) in [6, 6.07) is 10.1. The van der Waals surface area contributed by atoms with Gasteiger partial charge in [0.15, 0.2) is 0 Å². The number of carbonyl (C=O) groups is 1. The number of nitrogens with one attached hydrogen (secondary N) is 2. The second kappa shape index (κ2) is 7.09. The molecule has 1 amide bonds. The lowest BCUT2D eigenvalue weighted by atomic mass is 10.2. The normalized spacial score (nSPS) is 10.4. The van der Waals surface area contributed by atoms with Crippen LogP contribution in [0.3, 0.4) is 0 Å². The largest absolute Gasteiger partial charge is 0.277 e. The zero-order valence-electron chi connectivity index (χ0n) is 10.3. The zero-order valence-corrected chi connectivity index (χ0v) is 13.5. The molecule has 2 rings (SSSR count). The lowest BCUT2D eigenvalue weighted by molar-refractivity contribution is 0.0950. The zero-order chi connectivity index (χ0) is 13.7. The molecule has 0 fully saturated rings. The first kappa shape index (κ1) is 14.6. The monoisotopic (exact) mass is 356 g/mol. The first-order valence-electron chi connectivity index (χ1n) is 5.75. The van der Waals surface area contributed by atoms with Crippen LogP contribution in [0.5, 0.6) is 0 Å². The molecule has 0 bridgehead atoms. The Morgan fingerprint density at radius 1 is 1.32 bits per heavy atom. The van der Waals surface area contributed by atoms with E-state index in [-0.39, 0.29) is 5.91 Å². The summed E-state index contributed by atoms with van der Waals surface area (Å²) in [6.45, 7) is 2.12. The highest BCUT2D eigenvalue weighted by atomic mass is 79.9. The Balaban J connectivity index is 1.83. The number of hydrazine groups is 1. The molecule has 0 saturated carbocycles. The van der Waals surface area contributed by atoms with Crippen molar-refractivity contribution in [3.05, 3.63) is 50.6 Å². The first-order chi connectivity index (χ1) is 9.20. The van der Waals surface area contributed by atoms with Crippen LogP contribution in [-0.2, 0) is 6.42 Å². The molecule has 0 unspecified atom stereocenters. The molecule has 19 heavy (non-hydrogen) atoms. The Labute approximate surface area is 129 Å². The molecule has 6 heteroatoms. The SMILES string of the molecule is CCc1ccc(SNNC(=O)c2sccc2Br)cc1. The topological polar surface area (TPSA) is 41.1 Å². The average Bonchev–Trinajstić information content (AvgIpc) is 2.86. The van der Waals surface area contributed by atoms with Crippen molar-refractivity contribution in [1.82, 2.24) is 10.3 Å². The minimum atomic E-state index is -0.139. The fourth-order valence-electron chi connectivity index (χ4n) is 1.44. The standard InChI is InChI=1S/C13H13BrN2OS2/c1-2-9-3-5-10(6-4-9)19-16-15-13(17)12-11(14)7-8-18-12/h3-8,16H,2H2,1H3,(H,15,17). The highest BCUT2D eigenvalue weighted by Gasteiger charge is 2.10. The van der Waals surface area contributed by atoms with E-state index in [1.807, 2.05) is 23.6 Å². The molecule has 1 heterocycles. The maximum atomic E-state index is 11.8. The summed E-state index contributed by atoms with van der Waals surface area (Å²) in [4.78, 5) is 16.4. The average molecular weight is 357 g/mol. The lowest BCUT2D eigenvalue weighted by Gasteiger charge is -2.06. The number of hydrogen-bond acceptors (Lipinski definition) is 4. The molecule has 0 saturated heterocycles. The van der Waals surface area contributed by atoms with Crippen LogP contribution < -0.4 is 10.3 Å². The fraction of sp³-hybridized carbons (Fsp3) is 0.154. The second-order valence-corrected chi connectivity index (χ2v) is 6.40. The molecule has 1 aromatic carbocycles. The van der Waals surface area contributed by atoms with Gasteiger partial charge < -0.3 is 0 Å². The molecule has 0 radical (unpaired) electrons. The first-order valence-corrected chi connectivity index (χ1v) is 8.23.